The van der Waals surface area contributed by atoms with Crippen LogP contribution >= 0.6 is 0 Å². The van der Waals surface area contributed by atoms with Crippen LogP contribution in [0.3, 0.4) is 0 Å². The van der Waals surface area contributed by atoms with E-state index in [1.54, 1.807) is 30.3 Å². The molecule has 0 spiro atoms. The van der Waals surface area contributed by atoms with Crippen LogP contribution < -0.4 is 45.3 Å². The van der Waals surface area contributed by atoms with Crippen LogP contribution in [0.5, 0.6) is 17.2 Å². The third-order valence-electron chi connectivity index (χ3n) is 3.05. The SMILES string of the molecule is NCCNC(C(=O)Oc1ccccc1O)c1ccccc1O.[H-].[Na+]. The van der Waals surface area contributed by atoms with Gasteiger partial charge in [0.2, 0.25) is 0 Å². The minimum absolute atomic E-state index is 0. The van der Waals surface area contributed by atoms with Gasteiger partial charge in [-0.25, -0.2) is 4.79 Å². The summed E-state index contributed by atoms with van der Waals surface area (Å²) in [5, 5.41) is 22.5. The van der Waals surface area contributed by atoms with Crippen LogP contribution in [0.25, 0.3) is 0 Å². The van der Waals surface area contributed by atoms with Gasteiger partial charge in [0.25, 0.3) is 0 Å². The molecule has 0 aliphatic carbocycles. The fraction of sp³-hybridized carbons (Fsp3) is 0.188. The molecule has 0 aliphatic rings. The molecule has 6 nitrogen and oxygen atoms in total. The number of hydrogen-bond acceptors (Lipinski definition) is 6. The number of aromatic hydroxyl groups is 2. The maximum atomic E-state index is 12.4. The van der Waals surface area contributed by atoms with Crippen molar-refractivity contribution in [3.8, 4) is 17.2 Å². The molecule has 5 N–H and O–H groups in total. The zero-order valence-electron chi connectivity index (χ0n) is 13.9. The second kappa shape index (κ2) is 9.54. The van der Waals surface area contributed by atoms with E-state index in [0.29, 0.717) is 18.7 Å². The van der Waals surface area contributed by atoms with Crippen molar-refractivity contribution < 1.29 is 50.7 Å². The maximum absolute atomic E-state index is 12.4. The van der Waals surface area contributed by atoms with Gasteiger partial charge in [-0.3, -0.25) is 5.32 Å². The van der Waals surface area contributed by atoms with E-state index < -0.39 is 12.0 Å². The summed E-state index contributed by atoms with van der Waals surface area (Å²) < 4.78 is 5.21. The monoisotopic (exact) mass is 326 g/mol. The molecule has 0 fully saturated rings. The first-order valence-corrected chi connectivity index (χ1v) is 6.84. The van der Waals surface area contributed by atoms with Crippen molar-refractivity contribution in [3.05, 3.63) is 54.1 Å². The van der Waals surface area contributed by atoms with E-state index in [1.165, 1.54) is 18.2 Å². The Labute approximate surface area is 158 Å². The van der Waals surface area contributed by atoms with E-state index in [1.807, 2.05) is 0 Å². The average Bonchev–Trinajstić information content (AvgIpc) is 2.51. The van der Waals surface area contributed by atoms with Crippen LogP contribution in [-0.4, -0.2) is 29.3 Å². The quantitative estimate of drug-likeness (QED) is 0.290. The number of para-hydroxylation sites is 3. The molecule has 2 aromatic carbocycles. The molecular weight excluding hydrogens is 307 g/mol. The summed E-state index contributed by atoms with van der Waals surface area (Å²) in [6.07, 6.45) is 0. The predicted octanol–water partition coefficient (Wildman–Crippen LogP) is -1.59. The number of phenols is 2. The van der Waals surface area contributed by atoms with Crippen LogP contribution in [-0.2, 0) is 4.79 Å². The Kier molecular flexibility index (Phi) is 8.08. The first-order valence-electron chi connectivity index (χ1n) is 6.84. The molecule has 0 amide bonds. The molecule has 0 saturated carbocycles. The number of hydrogen-bond donors (Lipinski definition) is 4. The summed E-state index contributed by atoms with van der Waals surface area (Å²) in [5.41, 5.74) is 5.84. The van der Waals surface area contributed by atoms with Crippen molar-refractivity contribution in [3.63, 3.8) is 0 Å². The molecule has 23 heavy (non-hydrogen) atoms. The summed E-state index contributed by atoms with van der Waals surface area (Å²) in [5.74, 6) is -0.740. The fourth-order valence-electron chi connectivity index (χ4n) is 1.99. The Balaban J connectivity index is 0.00000264. The number of nitrogens with one attached hydrogen (secondary N) is 1. The van der Waals surface area contributed by atoms with Gasteiger partial charge in [0, 0.05) is 18.7 Å². The van der Waals surface area contributed by atoms with E-state index in [4.69, 9.17) is 10.5 Å². The molecule has 0 heterocycles. The number of carbonyl (C=O) groups is 1. The summed E-state index contributed by atoms with van der Waals surface area (Å²) in [6, 6.07) is 11.8. The van der Waals surface area contributed by atoms with Crippen molar-refractivity contribution in [1.82, 2.24) is 5.32 Å². The molecular formula is C16H19N2NaO4. The number of ether oxygens (including phenoxy) is 1. The Morgan fingerprint density at radius 3 is 2.35 bits per heavy atom. The Bertz CT molecular complexity index is 657. The van der Waals surface area contributed by atoms with Gasteiger partial charge in [0.1, 0.15) is 11.8 Å². The number of carbonyl (C=O) groups excluding carboxylic acids is 1. The van der Waals surface area contributed by atoms with E-state index in [-0.39, 0.29) is 48.2 Å². The van der Waals surface area contributed by atoms with Crippen LogP contribution in [0.4, 0.5) is 0 Å². The van der Waals surface area contributed by atoms with Crippen LogP contribution in [0.15, 0.2) is 48.5 Å². The van der Waals surface area contributed by atoms with E-state index in [0.717, 1.165) is 0 Å². The topological polar surface area (TPSA) is 105 Å². The van der Waals surface area contributed by atoms with Crippen LogP contribution in [0.2, 0.25) is 0 Å². The third-order valence-corrected chi connectivity index (χ3v) is 3.05. The van der Waals surface area contributed by atoms with Crippen LogP contribution in [0.1, 0.15) is 13.0 Å². The molecule has 0 aromatic heterocycles. The number of rotatable bonds is 6. The van der Waals surface area contributed by atoms with Gasteiger partial charge in [-0.05, 0) is 18.2 Å². The van der Waals surface area contributed by atoms with Gasteiger partial charge in [-0.2, -0.15) is 0 Å². The van der Waals surface area contributed by atoms with Gasteiger partial charge < -0.3 is 22.1 Å². The summed E-state index contributed by atoms with van der Waals surface area (Å²) in [6.45, 7) is 0.697. The number of nitrogens with two attached hydrogens (primary N) is 1. The molecule has 0 aliphatic heterocycles. The smallest absolute Gasteiger partial charge is 1.00 e. The molecule has 2 rings (SSSR count). The normalized spacial score (nSPS) is 11.3. The first kappa shape index (κ1) is 19.5. The summed E-state index contributed by atoms with van der Waals surface area (Å²) in [4.78, 5) is 12.4. The van der Waals surface area contributed by atoms with Crippen molar-refractivity contribution >= 4 is 5.97 Å². The molecule has 1 atom stereocenters. The maximum Gasteiger partial charge on any atom is 1.00 e. The Morgan fingerprint density at radius 1 is 1.13 bits per heavy atom. The summed E-state index contributed by atoms with van der Waals surface area (Å²) >= 11 is 0. The number of phenolic OH excluding ortho intramolecular Hbond substituents is 2. The third kappa shape index (κ3) is 5.23. The Morgan fingerprint density at radius 2 is 1.74 bits per heavy atom. The largest absolute Gasteiger partial charge is 1.00 e. The van der Waals surface area contributed by atoms with Gasteiger partial charge in [0.15, 0.2) is 11.5 Å². The average molecular weight is 326 g/mol. The fourth-order valence-corrected chi connectivity index (χ4v) is 1.99. The molecule has 0 saturated heterocycles. The van der Waals surface area contributed by atoms with Crippen molar-refractivity contribution in [2.75, 3.05) is 13.1 Å². The molecule has 0 bridgehead atoms. The molecule has 118 valence electrons. The zero-order chi connectivity index (χ0) is 15.9. The minimum atomic E-state index is -0.885. The number of benzene rings is 2. The minimum Gasteiger partial charge on any atom is -1.00 e. The predicted molar refractivity (Wildman–Crippen MR) is 82.8 cm³/mol. The first-order chi connectivity index (χ1) is 10.6. The van der Waals surface area contributed by atoms with E-state index >= 15 is 0 Å². The molecule has 2 aromatic rings. The summed E-state index contributed by atoms with van der Waals surface area (Å²) in [7, 11) is 0. The van der Waals surface area contributed by atoms with E-state index in [2.05, 4.69) is 5.32 Å². The molecule has 0 radical (unpaired) electrons. The van der Waals surface area contributed by atoms with Gasteiger partial charge in [-0.15, -0.1) is 0 Å². The molecule has 1 unspecified atom stereocenters. The Hall–Kier alpha value is -1.57. The van der Waals surface area contributed by atoms with Gasteiger partial charge in [0.05, 0.1) is 0 Å². The molecule has 7 heteroatoms. The van der Waals surface area contributed by atoms with Crippen molar-refractivity contribution in [1.29, 1.82) is 0 Å². The van der Waals surface area contributed by atoms with Crippen molar-refractivity contribution in [2.45, 2.75) is 6.04 Å². The van der Waals surface area contributed by atoms with Gasteiger partial charge >= 0.3 is 35.5 Å². The van der Waals surface area contributed by atoms with Crippen LogP contribution in [0, 0.1) is 0 Å². The number of esters is 1. The van der Waals surface area contributed by atoms with Gasteiger partial charge in [-0.1, -0.05) is 30.3 Å². The second-order valence-electron chi connectivity index (χ2n) is 4.62. The zero-order valence-corrected chi connectivity index (χ0v) is 14.9. The standard InChI is InChI=1S/C16H18N2O4.Na.H/c17-9-10-18-15(11-5-1-2-6-12(11)19)16(21)22-14-8-4-3-7-13(14)20;;/h1-8,15,18-20H,9-10,17H2;;/q;+1;-1. The van der Waals surface area contributed by atoms with Crippen molar-refractivity contribution in [2.24, 2.45) is 5.73 Å². The van der Waals surface area contributed by atoms with E-state index in [9.17, 15) is 15.0 Å². The second-order valence-corrected chi connectivity index (χ2v) is 4.62.